The second kappa shape index (κ2) is 9.69. The molecule has 0 spiro atoms. The molecule has 1 aromatic heterocycles. The molecule has 2 atom stereocenters. The fraction of sp³-hybridized carbons (Fsp3) is 0.348. The zero-order valence-corrected chi connectivity index (χ0v) is 20.1. The fourth-order valence-electron chi connectivity index (χ4n) is 4.02. The van der Waals surface area contributed by atoms with Crippen LogP contribution in [0.15, 0.2) is 42.5 Å². The fourth-order valence-corrected chi connectivity index (χ4v) is 4.46. The molecule has 2 aromatic carbocycles. The Hall–Kier alpha value is -2.28. The number of aromatic nitrogens is 3. The first-order chi connectivity index (χ1) is 15.3. The molecule has 1 aliphatic rings. The Bertz CT molecular complexity index is 1120. The third-order valence-corrected chi connectivity index (χ3v) is 6.80. The van der Waals surface area contributed by atoms with Gasteiger partial charge in [-0.2, -0.15) is 0 Å². The van der Waals surface area contributed by atoms with E-state index in [1.165, 1.54) is 0 Å². The van der Waals surface area contributed by atoms with Crippen LogP contribution in [0.25, 0.3) is 0 Å². The van der Waals surface area contributed by atoms with Crippen LogP contribution in [-0.4, -0.2) is 32.2 Å². The van der Waals surface area contributed by atoms with Crippen LogP contribution in [0.1, 0.15) is 54.6 Å². The Morgan fingerprint density at radius 2 is 1.88 bits per heavy atom. The summed E-state index contributed by atoms with van der Waals surface area (Å²) in [6, 6.07) is 12.6. The monoisotopic (exact) mass is 491 g/mol. The molecule has 0 unspecified atom stereocenters. The standard InChI is InChI=1S/C23H24Cl3N5O/c1-14(17-7-10-19(25)20(26)12-17)27-23(32)30-11-3-4-21(30)22-29-28-15(2)31(22)13-16-5-8-18(24)9-6-16/h5-10,12,14,21H,3-4,11,13H2,1-2H3,(H,27,32)/t14-,21+/m0/s1. The summed E-state index contributed by atoms with van der Waals surface area (Å²) in [6.07, 6.45) is 1.75. The summed E-state index contributed by atoms with van der Waals surface area (Å²) in [5, 5.41) is 13.5. The highest BCUT2D eigenvalue weighted by atomic mass is 35.5. The molecule has 1 fully saturated rings. The average molecular weight is 493 g/mol. The molecular formula is C23H24Cl3N5O. The molecule has 1 N–H and O–H groups in total. The maximum atomic E-state index is 13.2. The second-order valence-electron chi connectivity index (χ2n) is 8.01. The molecule has 1 aliphatic heterocycles. The van der Waals surface area contributed by atoms with Crippen molar-refractivity contribution in [1.82, 2.24) is 25.0 Å². The van der Waals surface area contributed by atoms with E-state index in [4.69, 9.17) is 34.8 Å². The predicted molar refractivity (Wildman–Crippen MR) is 127 cm³/mol. The van der Waals surface area contributed by atoms with Gasteiger partial charge in [0.2, 0.25) is 0 Å². The first-order valence-corrected chi connectivity index (χ1v) is 11.6. The van der Waals surface area contributed by atoms with Crippen LogP contribution in [0.5, 0.6) is 0 Å². The Morgan fingerprint density at radius 1 is 1.12 bits per heavy atom. The summed E-state index contributed by atoms with van der Waals surface area (Å²) in [5.74, 6) is 1.61. The zero-order chi connectivity index (χ0) is 22.8. The molecule has 0 aliphatic carbocycles. The number of urea groups is 1. The van der Waals surface area contributed by atoms with Gasteiger partial charge in [0.1, 0.15) is 5.82 Å². The van der Waals surface area contributed by atoms with Crippen LogP contribution >= 0.6 is 34.8 Å². The number of amides is 2. The summed E-state index contributed by atoms with van der Waals surface area (Å²) in [4.78, 5) is 15.0. The molecule has 2 amide bonds. The molecule has 1 saturated heterocycles. The summed E-state index contributed by atoms with van der Waals surface area (Å²) in [5.41, 5.74) is 1.99. The van der Waals surface area contributed by atoms with Crippen LogP contribution in [0.4, 0.5) is 4.79 Å². The Balaban J connectivity index is 1.51. The third kappa shape index (κ3) is 4.87. The molecular weight excluding hydrogens is 469 g/mol. The van der Waals surface area contributed by atoms with E-state index in [1.807, 2.05) is 49.1 Å². The summed E-state index contributed by atoms with van der Waals surface area (Å²) >= 11 is 18.2. The van der Waals surface area contributed by atoms with E-state index in [0.29, 0.717) is 28.2 Å². The molecule has 2 heterocycles. The van der Waals surface area contributed by atoms with E-state index < -0.39 is 0 Å². The van der Waals surface area contributed by atoms with Gasteiger partial charge in [0.25, 0.3) is 0 Å². The van der Waals surface area contributed by atoms with Gasteiger partial charge in [-0.05, 0) is 62.1 Å². The van der Waals surface area contributed by atoms with E-state index in [2.05, 4.69) is 20.1 Å². The Kier molecular flexibility index (Phi) is 6.93. The lowest BCUT2D eigenvalue weighted by molar-refractivity contribution is 0.186. The zero-order valence-electron chi connectivity index (χ0n) is 17.9. The number of likely N-dealkylation sites (tertiary alicyclic amines) is 1. The van der Waals surface area contributed by atoms with E-state index in [9.17, 15) is 4.79 Å². The number of rotatable bonds is 5. The summed E-state index contributed by atoms with van der Waals surface area (Å²) in [7, 11) is 0. The molecule has 9 heteroatoms. The lowest BCUT2D eigenvalue weighted by atomic mass is 10.1. The van der Waals surface area contributed by atoms with Gasteiger partial charge in [-0.25, -0.2) is 4.79 Å². The molecule has 3 aromatic rings. The van der Waals surface area contributed by atoms with Crippen LogP contribution in [0.3, 0.4) is 0 Å². The van der Waals surface area contributed by atoms with Crippen molar-refractivity contribution >= 4 is 40.8 Å². The SMILES string of the molecule is Cc1nnc([C@H]2CCCN2C(=O)N[C@@H](C)c2ccc(Cl)c(Cl)c2)n1Cc1ccc(Cl)cc1. The molecule has 0 bridgehead atoms. The molecule has 0 saturated carbocycles. The number of carbonyl (C=O) groups excluding carboxylic acids is 1. The van der Waals surface area contributed by atoms with Crippen LogP contribution in [-0.2, 0) is 6.54 Å². The Labute approximate surface area is 202 Å². The van der Waals surface area contributed by atoms with Crippen molar-refractivity contribution in [1.29, 1.82) is 0 Å². The van der Waals surface area contributed by atoms with Crippen molar-refractivity contribution in [3.8, 4) is 0 Å². The molecule has 168 valence electrons. The van der Waals surface area contributed by atoms with Gasteiger partial charge in [0.15, 0.2) is 5.82 Å². The van der Waals surface area contributed by atoms with Crippen molar-refractivity contribution < 1.29 is 4.79 Å². The molecule has 4 rings (SSSR count). The van der Waals surface area contributed by atoms with Crippen molar-refractivity contribution in [2.75, 3.05) is 6.54 Å². The predicted octanol–water partition coefficient (Wildman–Crippen LogP) is 6.20. The number of carbonyl (C=O) groups is 1. The van der Waals surface area contributed by atoms with Gasteiger partial charge >= 0.3 is 6.03 Å². The van der Waals surface area contributed by atoms with Gasteiger partial charge in [-0.3, -0.25) is 0 Å². The van der Waals surface area contributed by atoms with Gasteiger partial charge in [-0.1, -0.05) is 53.0 Å². The highest BCUT2D eigenvalue weighted by molar-refractivity contribution is 6.42. The largest absolute Gasteiger partial charge is 0.331 e. The highest BCUT2D eigenvalue weighted by Gasteiger charge is 2.34. The number of hydrogen-bond acceptors (Lipinski definition) is 3. The lowest BCUT2D eigenvalue weighted by Crippen LogP contribution is -2.41. The number of halogens is 3. The van der Waals surface area contributed by atoms with Crippen molar-refractivity contribution in [2.45, 2.75) is 45.3 Å². The first kappa shape index (κ1) is 22.9. The molecule has 0 radical (unpaired) electrons. The Morgan fingerprint density at radius 3 is 2.59 bits per heavy atom. The van der Waals surface area contributed by atoms with Gasteiger partial charge in [0, 0.05) is 11.6 Å². The minimum atomic E-state index is -0.216. The summed E-state index contributed by atoms with van der Waals surface area (Å²) in [6.45, 7) is 5.14. The van der Waals surface area contributed by atoms with Crippen molar-refractivity contribution in [2.24, 2.45) is 0 Å². The van der Waals surface area contributed by atoms with E-state index in [0.717, 1.165) is 35.6 Å². The molecule has 6 nitrogen and oxygen atoms in total. The van der Waals surface area contributed by atoms with E-state index in [-0.39, 0.29) is 18.1 Å². The summed E-state index contributed by atoms with van der Waals surface area (Å²) < 4.78 is 2.07. The minimum Gasteiger partial charge on any atom is -0.331 e. The van der Waals surface area contributed by atoms with Crippen LogP contribution in [0.2, 0.25) is 15.1 Å². The van der Waals surface area contributed by atoms with E-state index in [1.54, 1.807) is 12.1 Å². The topological polar surface area (TPSA) is 63.1 Å². The first-order valence-electron chi connectivity index (χ1n) is 10.5. The normalized spacial score (nSPS) is 16.9. The average Bonchev–Trinajstić information content (AvgIpc) is 3.38. The quantitative estimate of drug-likeness (QED) is 0.461. The van der Waals surface area contributed by atoms with Gasteiger partial charge in [-0.15, -0.1) is 10.2 Å². The number of benzene rings is 2. The lowest BCUT2D eigenvalue weighted by Gasteiger charge is -2.27. The van der Waals surface area contributed by atoms with Crippen LogP contribution in [0, 0.1) is 6.92 Å². The number of aryl methyl sites for hydroxylation is 1. The van der Waals surface area contributed by atoms with Gasteiger partial charge in [0.05, 0.1) is 28.7 Å². The third-order valence-electron chi connectivity index (χ3n) is 5.81. The molecule has 32 heavy (non-hydrogen) atoms. The number of nitrogens with one attached hydrogen (secondary N) is 1. The maximum absolute atomic E-state index is 13.2. The second-order valence-corrected chi connectivity index (χ2v) is 9.27. The van der Waals surface area contributed by atoms with Crippen LogP contribution < -0.4 is 5.32 Å². The smallest absolute Gasteiger partial charge is 0.318 e. The van der Waals surface area contributed by atoms with Crippen molar-refractivity contribution in [3.63, 3.8) is 0 Å². The van der Waals surface area contributed by atoms with E-state index >= 15 is 0 Å². The maximum Gasteiger partial charge on any atom is 0.318 e. The van der Waals surface area contributed by atoms with Gasteiger partial charge < -0.3 is 14.8 Å². The number of hydrogen-bond donors (Lipinski definition) is 1. The number of nitrogens with zero attached hydrogens (tertiary/aromatic N) is 4. The van der Waals surface area contributed by atoms with Crippen molar-refractivity contribution in [3.05, 3.63) is 80.3 Å². The highest BCUT2D eigenvalue weighted by Crippen LogP contribution is 2.32. The minimum absolute atomic E-state index is 0.134.